The highest BCUT2D eigenvalue weighted by Gasteiger charge is 2.22. The number of carbonyl (C=O) groups excluding carboxylic acids is 1. The molecule has 1 aromatic rings. The summed E-state index contributed by atoms with van der Waals surface area (Å²) >= 11 is 0. The van der Waals surface area contributed by atoms with Gasteiger partial charge >= 0.3 is 5.97 Å². The molecule has 0 unspecified atom stereocenters. The summed E-state index contributed by atoms with van der Waals surface area (Å²) < 4.78 is 5.28. The van der Waals surface area contributed by atoms with Gasteiger partial charge in [0.25, 0.3) is 0 Å². The number of phenols is 1. The lowest BCUT2D eigenvalue weighted by molar-refractivity contribution is -0.136. The van der Waals surface area contributed by atoms with E-state index in [4.69, 9.17) is 9.84 Å². The van der Waals surface area contributed by atoms with Gasteiger partial charge in [-0.05, 0) is 12.1 Å². The van der Waals surface area contributed by atoms with Gasteiger partial charge in [0.15, 0.2) is 0 Å². The van der Waals surface area contributed by atoms with Crippen LogP contribution in [0.2, 0.25) is 0 Å². The van der Waals surface area contributed by atoms with E-state index in [9.17, 15) is 14.7 Å². The summed E-state index contributed by atoms with van der Waals surface area (Å²) in [6.45, 7) is 2.39. The Bertz CT molecular complexity index is 540. The van der Waals surface area contributed by atoms with Crippen LogP contribution in [0.5, 0.6) is 5.75 Å². The number of rotatable bonds is 5. The second kappa shape index (κ2) is 6.45. The Hall–Kier alpha value is -2.28. The molecule has 1 saturated heterocycles. The Morgan fingerprint density at radius 1 is 1.43 bits per heavy atom. The van der Waals surface area contributed by atoms with Crippen molar-refractivity contribution in [1.29, 1.82) is 0 Å². The van der Waals surface area contributed by atoms with Crippen LogP contribution in [0.15, 0.2) is 12.1 Å². The molecular formula is C14H18N2O5. The third-order valence-electron chi connectivity index (χ3n) is 3.45. The van der Waals surface area contributed by atoms with Crippen LogP contribution in [0.1, 0.15) is 5.56 Å². The van der Waals surface area contributed by atoms with Crippen LogP contribution in [0, 0.1) is 0 Å². The maximum Gasteiger partial charge on any atom is 0.308 e. The minimum atomic E-state index is -1.04. The minimum absolute atomic E-state index is 0.170. The quantitative estimate of drug-likeness (QED) is 0.766. The van der Waals surface area contributed by atoms with Gasteiger partial charge in [0.05, 0.1) is 25.3 Å². The Kier molecular flexibility index (Phi) is 4.64. The molecule has 1 aliphatic heterocycles. The van der Waals surface area contributed by atoms with Crippen molar-refractivity contribution in [2.75, 3.05) is 43.2 Å². The molecule has 0 saturated carbocycles. The van der Waals surface area contributed by atoms with Gasteiger partial charge in [-0.25, -0.2) is 0 Å². The van der Waals surface area contributed by atoms with Crippen molar-refractivity contribution in [3.8, 4) is 5.75 Å². The highest BCUT2D eigenvalue weighted by molar-refractivity contribution is 5.84. The Labute approximate surface area is 122 Å². The van der Waals surface area contributed by atoms with E-state index in [1.54, 1.807) is 12.1 Å². The third-order valence-corrected chi connectivity index (χ3v) is 3.45. The molecule has 21 heavy (non-hydrogen) atoms. The maximum absolute atomic E-state index is 11.1. The lowest BCUT2D eigenvalue weighted by atomic mass is 10.0. The topological polar surface area (TPSA) is 90.3 Å². The number of hydrogen-bond acceptors (Lipinski definition) is 5. The predicted octanol–water partition coefficient (Wildman–Crippen LogP) is 0.448. The van der Waals surface area contributed by atoms with E-state index in [1.165, 1.54) is 11.9 Å². The largest absolute Gasteiger partial charge is 0.505 e. The molecule has 2 rings (SSSR count). The summed E-state index contributed by atoms with van der Waals surface area (Å²) in [5.74, 6) is -1.21. The SMILES string of the molecule is CN(C=O)c1ccc(N2CCOCC2)c(CC(=O)O)c1O. The van der Waals surface area contributed by atoms with Crippen LogP contribution in [0.3, 0.4) is 0 Å². The van der Waals surface area contributed by atoms with Gasteiger partial charge < -0.3 is 24.7 Å². The number of ether oxygens (including phenoxy) is 1. The molecule has 7 nitrogen and oxygen atoms in total. The lowest BCUT2D eigenvalue weighted by Crippen LogP contribution is -2.37. The molecule has 1 aromatic carbocycles. The highest BCUT2D eigenvalue weighted by atomic mass is 16.5. The summed E-state index contributed by atoms with van der Waals surface area (Å²) in [5, 5.41) is 19.4. The molecule has 0 spiro atoms. The second-order valence-electron chi connectivity index (χ2n) is 4.82. The average molecular weight is 294 g/mol. The van der Waals surface area contributed by atoms with E-state index >= 15 is 0 Å². The van der Waals surface area contributed by atoms with E-state index < -0.39 is 5.97 Å². The molecule has 1 amide bonds. The van der Waals surface area contributed by atoms with E-state index in [2.05, 4.69) is 0 Å². The molecule has 0 aromatic heterocycles. The molecule has 0 bridgehead atoms. The van der Waals surface area contributed by atoms with Crippen molar-refractivity contribution in [2.24, 2.45) is 0 Å². The van der Waals surface area contributed by atoms with Gasteiger partial charge in [0, 0.05) is 31.4 Å². The standard InChI is InChI=1S/C14H18N2O5/c1-15(9-17)12-3-2-11(16-4-6-21-7-5-16)10(14(12)20)8-13(18)19/h2-3,9,20H,4-8H2,1H3,(H,18,19). The normalized spacial score (nSPS) is 14.8. The van der Waals surface area contributed by atoms with Crippen LogP contribution in [0.4, 0.5) is 11.4 Å². The summed E-state index contributed by atoms with van der Waals surface area (Å²) in [4.78, 5) is 25.1. The van der Waals surface area contributed by atoms with E-state index in [0.717, 1.165) is 0 Å². The van der Waals surface area contributed by atoms with Gasteiger partial charge in [-0.15, -0.1) is 0 Å². The number of aromatic hydroxyl groups is 1. The van der Waals surface area contributed by atoms with Crippen molar-refractivity contribution in [1.82, 2.24) is 0 Å². The Balaban J connectivity index is 2.45. The van der Waals surface area contributed by atoms with E-state index in [0.29, 0.717) is 49.7 Å². The third kappa shape index (κ3) is 3.25. The number of morpholine rings is 1. The smallest absolute Gasteiger partial charge is 0.308 e. The first kappa shape index (κ1) is 15.1. The first-order valence-corrected chi connectivity index (χ1v) is 6.62. The van der Waals surface area contributed by atoms with Crippen molar-refractivity contribution in [2.45, 2.75) is 6.42 Å². The molecule has 1 heterocycles. The summed E-state index contributed by atoms with van der Waals surface area (Å²) in [5.41, 5.74) is 1.27. The molecule has 2 N–H and O–H groups in total. The van der Waals surface area contributed by atoms with Gasteiger partial charge in [-0.1, -0.05) is 0 Å². The molecule has 114 valence electrons. The number of anilines is 2. The van der Waals surface area contributed by atoms with Gasteiger partial charge in [-0.3, -0.25) is 9.59 Å². The molecule has 0 aliphatic carbocycles. The predicted molar refractivity (Wildman–Crippen MR) is 76.9 cm³/mol. The number of carboxylic acid groups (broad SMARTS) is 1. The fourth-order valence-electron chi connectivity index (χ4n) is 2.38. The number of aliphatic carboxylic acids is 1. The Morgan fingerprint density at radius 2 is 2.10 bits per heavy atom. The number of benzene rings is 1. The van der Waals surface area contributed by atoms with Gasteiger partial charge in [-0.2, -0.15) is 0 Å². The van der Waals surface area contributed by atoms with Gasteiger partial charge in [0.2, 0.25) is 6.41 Å². The zero-order valence-electron chi connectivity index (χ0n) is 11.8. The van der Waals surface area contributed by atoms with Crippen LogP contribution in [-0.4, -0.2) is 55.9 Å². The summed E-state index contributed by atoms with van der Waals surface area (Å²) in [7, 11) is 1.50. The summed E-state index contributed by atoms with van der Waals surface area (Å²) in [6, 6.07) is 3.35. The maximum atomic E-state index is 11.1. The monoisotopic (exact) mass is 294 g/mol. The molecule has 7 heteroatoms. The number of nitrogens with zero attached hydrogens (tertiary/aromatic N) is 2. The molecule has 1 fully saturated rings. The van der Waals surface area contributed by atoms with Gasteiger partial charge in [0.1, 0.15) is 5.75 Å². The number of amides is 1. The Morgan fingerprint density at radius 3 is 2.67 bits per heavy atom. The zero-order chi connectivity index (χ0) is 15.4. The minimum Gasteiger partial charge on any atom is -0.505 e. The lowest BCUT2D eigenvalue weighted by Gasteiger charge is -2.31. The van der Waals surface area contributed by atoms with Crippen molar-refractivity contribution in [3.05, 3.63) is 17.7 Å². The highest BCUT2D eigenvalue weighted by Crippen LogP contribution is 2.37. The molecular weight excluding hydrogens is 276 g/mol. The number of hydrogen-bond donors (Lipinski definition) is 2. The molecule has 1 aliphatic rings. The average Bonchev–Trinajstić information content (AvgIpc) is 2.49. The van der Waals surface area contributed by atoms with Crippen molar-refractivity contribution >= 4 is 23.8 Å². The summed E-state index contributed by atoms with van der Waals surface area (Å²) in [6.07, 6.45) is 0.257. The zero-order valence-corrected chi connectivity index (χ0v) is 11.8. The van der Waals surface area contributed by atoms with Crippen molar-refractivity contribution < 1.29 is 24.5 Å². The fraction of sp³-hybridized carbons (Fsp3) is 0.429. The van der Waals surface area contributed by atoms with E-state index in [1.807, 2.05) is 4.90 Å². The molecule has 0 radical (unpaired) electrons. The van der Waals surface area contributed by atoms with Crippen LogP contribution in [0.25, 0.3) is 0 Å². The van der Waals surface area contributed by atoms with Crippen LogP contribution >= 0.6 is 0 Å². The number of phenolic OH excluding ortho intramolecular Hbond substituents is 1. The number of carboxylic acids is 1. The van der Waals surface area contributed by atoms with Crippen LogP contribution < -0.4 is 9.80 Å². The van der Waals surface area contributed by atoms with Crippen LogP contribution in [-0.2, 0) is 20.7 Å². The molecule has 0 atom stereocenters. The first-order valence-electron chi connectivity index (χ1n) is 6.62. The van der Waals surface area contributed by atoms with E-state index in [-0.39, 0.29) is 12.2 Å². The number of carbonyl (C=O) groups is 2. The fourth-order valence-corrected chi connectivity index (χ4v) is 2.38. The second-order valence-corrected chi connectivity index (χ2v) is 4.82. The first-order chi connectivity index (χ1) is 10.0. The van der Waals surface area contributed by atoms with Crippen molar-refractivity contribution in [3.63, 3.8) is 0 Å².